The normalized spacial score (nSPS) is 15.4. The van der Waals surface area contributed by atoms with Crippen LogP contribution < -0.4 is 15.1 Å². The summed E-state index contributed by atoms with van der Waals surface area (Å²) in [5.41, 5.74) is 5.35. The monoisotopic (exact) mass is 372 g/mol. The van der Waals surface area contributed by atoms with Crippen LogP contribution in [0.1, 0.15) is 11.1 Å². The van der Waals surface area contributed by atoms with Crippen LogP contribution in [0.5, 0.6) is 5.75 Å². The molecule has 6 nitrogen and oxygen atoms in total. The average molecular weight is 372 g/mol. The smallest absolute Gasteiger partial charge is 0.497 e. The fraction of sp³-hybridized carbons (Fsp3) is 0.0455. The fourth-order valence-electron chi connectivity index (χ4n) is 3.11. The van der Waals surface area contributed by atoms with Crippen LogP contribution >= 0.6 is 0 Å². The second-order valence-electron chi connectivity index (χ2n) is 6.15. The highest BCUT2D eigenvalue weighted by atomic mass is 16.5. The largest absolute Gasteiger partial charge is 0.532 e. The van der Waals surface area contributed by atoms with Gasteiger partial charge in [-0.3, -0.25) is 0 Å². The summed E-state index contributed by atoms with van der Waals surface area (Å²) in [6, 6.07) is 24.7. The quantitative estimate of drug-likeness (QED) is 0.709. The van der Waals surface area contributed by atoms with Gasteiger partial charge in [-0.25, -0.2) is 4.79 Å². The number of carbonyl (C=O) groups is 2. The van der Waals surface area contributed by atoms with Crippen LogP contribution in [0.25, 0.3) is 0 Å². The lowest BCUT2D eigenvalue weighted by Crippen LogP contribution is -2.33. The number of hydrogen-bond acceptors (Lipinski definition) is 3. The molecule has 0 aliphatic carbocycles. The van der Waals surface area contributed by atoms with Gasteiger partial charge in [0.1, 0.15) is 11.4 Å². The van der Waals surface area contributed by atoms with Crippen molar-refractivity contribution in [2.75, 3.05) is 12.0 Å². The van der Waals surface area contributed by atoms with E-state index in [9.17, 15) is 9.59 Å². The Morgan fingerprint density at radius 3 is 2.00 bits per heavy atom. The molecule has 1 fully saturated rings. The Morgan fingerprint density at radius 1 is 0.821 bits per heavy atom. The second-order valence-corrected chi connectivity index (χ2v) is 6.15. The minimum Gasteiger partial charge on any atom is -0.497 e. The third-order valence-corrected chi connectivity index (χ3v) is 4.44. The predicted molar refractivity (Wildman–Crippen MR) is 106 cm³/mol. The van der Waals surface area contributed by atoms with E-state index in [1.165, 1.54) is 4.68 Å². The van der Waals surface area contributed by atoms with Crippen LogP contribution in [0.3, 0.4) is 0 Å². The molecule has 0 saturated carbocycles. The molecule has 3 aromatic carbocycles. The topological polar surface area (TPSA) is 61.7 Å². The third kappa shape index (κ3) is 3.12. The molecule has 0 spiro atoms. The van der Waals surface area contributed by atoms with Gasteiger partial charge in [-0.05, 0) is 36.4 Å². The number of ether oxygens (including phenoxy) is 1. The van der Waals surface area contributed by atoms with Crippen LogP contribution in [-0.4, -0.2) is 29.6 Å². The Bertz CT molecular complexity index is 1050. The molecule has 138 valence electrons. The number of para-hydroxylation sites is 1. The molecule has 28 heavy (non-hydrogen) atoms. The van der Waals surface area contributed by atoms with E-state index in [0.29, 0.717) is 17.1 Å². The molecule has 1 N–H and O–H groups in total. The van der Waals surface area contributed by atoms with Crippen LogP contribution in [0.15, 0.2) is 84.9 Å². The third-order valence-electron chi connectivity index (χ3n) is 4.44. The lowest BCUT2D eigenvalue weighted by molar-refractivity contribution is -0.462. The summed E-state index contributed by atoms with van der Waals surface area (Å²) in [6.45, 7) is 0. The van der Waals surface area contributed by atoms with Gasteiger partial charge < -0.3 is 4.74 Å². The molecule has 0 bridgehead atoms. The minimum absolute atomic E-state index is 0.467. The number of hydrazine groups is 1. The zero-order chi connectivity index (χ0) is 19.5. The zero-order valence-electron chi connectivity index (χ0n) is 15.2. The summed E-state index contributed by atoms with van der Waals surface area (Å²) in [5, 5.41) is 0. The van der Waals surface area contributed by atoms with E-state index in [0.717, 1.165) is 16.0 Å². The molecule has 4 rings (SSSR count). The molecular formula is C22H18N3O3+. The summed E-state index contributed by atoms with van der Waals surface area (Å²) in [5.74, 6) is 0.707. The van der Waals surface area contributed by atoms with Crippen LogP contribution in [-0.2, 0) is 0 Å². The van der Waals surface area contributed by atoms with Crippen molar-refractivity contribution in [3.8, 4) is 5.75 Å². The number of benzene rings is 3. The van der Waals surface area contributed by atoms with Crippen LogP contribution in [0.4, 0.5) is 15.3 Å². The van der Waals surface area contributed by atoms with E-state index in [1.54, 1.807) is 31.4 Å². The van der Waals surface area contributed by atoms with Gasteiger partial charge in [-0.1, -0.05) is 53.2 Å². The summed E-state index contributed by atoms with van der Waals surface area (Å²) < 4.78 is 6.51. The van der Waals surface area contributed by atoms with Crippen LogP contribution in [0, 0.1) is 0 Å². The number of urea groups is 2. The molecule has 1 heterocycles. The molecule has 1 aliphatic rings. The number of hydrazone groups is 1. The van der Waals surface area contributed by atoms with Crippen molar-refractivity contribution < 1.29 is 19.0 Å². The van der Waals surface area contributed by atoms with E-state index in [2.05, 4.69) is 5.43 Å². The molecule has 0 atom stereocenters. The van der Waals surface area contributed by atoms with Gasteiger partial charge in [-0.2, -0.15) is 4.79 Å². The maximum absolute atomic E-state index is 13.2. The van der Waals surface area contributed by atoms with Crippen LogP contribution in [0.2, 0.25) is 0 Å². The first-order valence-electron chi connectivity index (χ1n) is 8.75. The highest BCUT2D eigenvalue weighted by molar-refractivity contribution is 6.18. The lowest BCUT2D eigenvalue weighted by Gasteiger charge is -2.08. The molecule has 3 aromatic rings. The highest BCUT2D eigenvalue weighted by Gasteiger charge is 2.46. The van der Waals surface area contributed by atoms with E-state index in [1.807, 2.05) is 60.7 Å². The minimum atomic E-state index is -0.502. The summed E-state index contributed by atoms with van der Waals surface area (Å²) >= 11 is 0. The molecule has 1 aliphatic heterocycles. The standard InChI is InChI=1S/C22H17N3O3/c1-28-19-14-12-17(13-15-19)20(16-8-4-2-5-9-16)25-22(27)24(21(26)23-25)18-10-6-3-7-11-18/h2-15H,1H3/p+1/b25-20-. The molecule has 1 saturated heterocycles. The van der Waals surface area contributed by atoms with Gasteiger partial charge in [0.05, 0.1) is 7.11 Å². The average Bonchev–Trinajstić information content (AvgIpc) is 3.04. The van der Waals surface area contributed by atoms with Crippen molar-refractivity contribution in [1.82, 2.24) is 5.43 Å². The van der Waals surface area contributed by atoms with Crippen molar-refractivity contribution in [2.24, 2.45) is 0 Å². The molecular weight excluding hydrogens is 354 g/mol. The van der Waals surface area contributed by atoms with Gasteiger partial charge in [0, 0.05) is 11.1 Å². The number of methoxy groups -OCH3 is 1. The van der Waals surface area contributed by atoms with Crippen molar-refractivity contribution in [3.63, 3.8) is 0 Å². The second kappa shape index (κ2) is 7.36. The van der Waals surface area contributed by atoms with E-state index >= 15 is 0 Å². The molecule has 6 heteroatoms. The first kappa shape index (κ1) is 17.5. The number of anilines is 1. The number of hydrogen-bond donors (Lipinski definition) is 1. The summed E-state index contributed by atoms with van der Waals surface area (Å²) in [6.07, 6.45) is 0. The van der Waals surface area contributed by atoms with Gasteiger partial charge in [0.25, 0.3) is 0 Å². The van der Waals surface area contributed by atoms with E-state index in [-0.39, 0.29) is 0 Å². The number of nitrogens with one attached hydrogen (secondary N) is 1. The molecule has 4 amide bonds. The Morgan fingerprint density at radius 2 is 1.39 bits per heavy atom. The predicted octanol–water partition coefficient (Wildman–Crippen LogP) is 3.81. The maximum Gasteiger partial charge on any atom is 0.532 e. The Balaban J connectivity index is 1.87. The number of imide groups is 1. The first-order chi connectivity index (χ1) is 13.7. The molecule has 0 aromatic heterocycles. The number of rotatable bonds is 4. The van der Waals surface area contributed by atoms with Gasteiger partial charge in [0.2, 0.25) is 0 Å². The SMILES string of the molecule is COc1ccc(/C(c2ccccc2)=[N+]2\NC(=O)N(c3ccccc3)C2=O)cc1. The zero-order valence-corrected chi connectivity index (χ0v) is 15.2. The summed E-state index contributed by atoms with van der Waals surface area (Å²) in [4.78, 5) is 26.9. The van der Waals surface area contributed by atoms with Gasteiger partial charge >= 0.3 is 12.1 Å². The van der Waals surface area contributed by atoms with Crippen molar-refractivity contribution in [1.29, 1.82) is 0 Å². The Labute approximate surface area is 162 Å². The van der Waals surface area contributed by atoms with Gasteiger partial charge in [-0.15, -0.1) is 10.3 Å². The van der Waals surface area contributed by atoms with Crippen molar-refractivity contribution in [2.45, 2.75) is 0 Å². The Kier molecular flexibility index (Phi) is 4.60. The fourth-order valence-corrected chi connectivity index (χ4v) is 3.11. The van der Waals surface area contributed by atoms with Crippen molar-refractivity contribution in [3.05, 3.63) is 96.1 Å². The summed E-state index contributed by atoms with van der Waals surface area (Å²) in [7, 11) is 1.60. The number of nitrogens with zero attached hydrogens (tertiary/aromatic N) is 2. The van der Waals surface area contributed by atoms with Gasteiger partial charge in [0.15, 0.2) is 5.71 Å². The van der Waals surface area contributed by atoms with Crippen molar-refractivity contribution >= 4 is 23.5 Å². The molecule has 0 unspecified atom stereocenters. The number of carbonyl (C=O) groups excluding carboxylic acids is 2. The number of amides is 4. The lowest BCUT2D eigenvalue weighted by atomic mass is 10.0. The van der Waals surface area contributed by atoms with E-state index < -0.39 is 12.1 Å². The first-order valence-corrected chi connectivity index (χ1v) is 8.75. The Hall–Kier alpha value is -3.93. The highest BCUT2D eigenvalue weighted by Crippen LogP contribution is 2.21. The maximum atomic E-state index is 13.2. The molecule has 0 radical (unpaired) electrons. The van der Waals surface area contributed by atoms with E-state index in [4.69, 9.17) is 4.74 Å².